The Bertz CT molecular complexity index is 1050. The average molecular weight is 483 g/mol. The topological polar surface area (TPSA) is 164 Å². The van der Waals surface area contributed by atoms with Crippen LogP contribution >= 0.6 is 7.82 Å². The molecule has 2 aliphatic heterocycles. The van der Waals surface area contributed by atoms with Gasteiger partial charge in [-0.05, 0) is 6.42 Å². The van der Waals surface area contributed by atoms with E-state index in [-0.39, 0.29) is 24.8 Å². The minimum absolute atomic E-state index is 0.171. The molecule has 2 aromatic heterocycles. The number of phosphoric acid groups is 1. The Balaban J connectivity index is 1.52. The Morgan fingerprint density at radius 3 is 2.94 bits per heavy atom. The molecule has 4 rings (SSSR count). The van der Waals surface area contributed by atoms with Gasteiger partial charge in [-0.15, -0.1) is 0 Å². The number of imidazole rings is 1. The maximum absolute atomic E-state index is 12.4. The summed E-state index contributed by atoms with van der Waals surface area (Å²) in [4.78, 5) is 45.8. The van der Waals surface area contributed by atoms with E-state index in [4.69, 9.17) is 18.5 Å². The number of anilines is 1. The standard InChI is InChI=1S/C19H26N5O8P/c1-2-3-4-5-6-7-13(26)23-17-14-18(21-9-20-17)24(10-22-14)19-16(29-11-25)15-12(31-19)8-30-33(27,28)32-15/h9-12,15-16,19H,2-8H2,1H3,(H,27,28)(H,20,21,23,26)/t12?,15?,16-,19+/m0/s1. The third-order valence-electron chi connectivity index (χ3n) is 5.55. The van der Waals surface area contributed by atoms with Gasteiger partial charge in [0.1, 0.15) is 18.5 Å². The van der Waals surface area contributed by atoms with Gasteiger partial charge in [0.25, 0.3) is 6.47 Å². The van der Waals surface area contributed by atoms with Gasteiger partial charge in [-0.25, -0.2) is 19.5 Å². The number of hydrogen-bond donors (Lipinski definition) is 2. The molecule has 180 valence electrons. The molecule has 2 saturated heterocycles. The smallest absolute Gasteiger partial charge is 0.457 e. The van der Waals surface area contributed by atoms with Crippen molar-refractivity contribution in [1.82, 2.24) is 19.5 Å². The summed E-state index contributed by atoms with van der Waals surface area (Å²) in [6.07, 6.45) is 4.44. The maximum atomic E-state index is 12.4. The second kappa shape index (κ2) is 10.2. The summed E-state index contributed by atoms with van der Waals surface area (Å²) in [7, 11) is -4.28. The molecule has 0 aromatic carbocycles. The van der Waals surface area contributed by atoms with E-state index in [9.17, 15) is 19.0 Å². The van der Waals surface area contributed by atoms with Crippen LogP contribution in [0.3, 0.4) is 0 Å². The highest BCUT2D eigenvalue weighted by molar-refractivity contribution is 7.47. The first-order valence-electron chi connectivity index (χ1n) is 10.8. The molecule has 0 bridgehead atoms. The minimum atomic E-state index is -4.28. The summed E-state index contributed by atoms with van der Waals surface area (Å²) in [5.74, 6) is 0.0793. The summed E-state index contributed by atoms with van der Waals surface area (Å²) in [6.45, 7) is 2.13. The van der Waals surface area contributed by atoms with E-state index in [1.165, 1.54) is 17.2 Å². The third kappa shape index (κ3) is 5.22. The number of amides is 1. The highest BCUT2D eigenvalue weighted by atomic mass is 31.2. The molecular weight excluding hydrogens is 457 g/mol. The van der Waals surface area contributed by atoms with E-state index in [0.29, 0.717) is 17.6 Å². The van der Waals surface area contributed by atoms with Crippen LogP contribution in [0.2, 0.25) is 0 Å². The zero-order valence-electron chi connectivity index (χ0n) is 18.0. The van der Waals surface area contributed by atoms with Crippen LogP contribution in [0, 0.1) is 0 Å². The Hall–Kier alpha value is -2.44. The predicted octanol–water partition coefficient (Wildman–Crippen LogP) is 2.08. The van der Waals surface area contributed by atoms with Gasteiger partial charge >= 0.3 is 7.82 Å². The molecule has 2 fully saturated rings. The van der Waals surface area contributed by atoms with Crippen molar-refractivity contribution in [3.63, 3.8) is 0 Å². The Morgan fingerprint density at radius 2 is 2.15 bits per heavy atom. The Labute approximate surface area is 189 Å². The normalized spacial score (nSPS) is 29.0. The van der Waals surface area contributed by atoms with Gasteiger partial charge in [-0.1, -0.05) is 32.6 Å². The lowest BCUT2D eigenvalue weighted by Crippen LogP contribution is -2.40. The van der Waals surface area contributed by atoms with Crippen molar-refractivity contribution in [2.75, 3.05) is 11.9 Å². The van der Waals surface area contributed by atoms with Crippen LogP contribution in [-0.2, 0) is 32.7 Å². The first-order valence-corrected chi connectivity index (χ1v) is 12.3. The Morgan fingerprint density at radius 1 is 1.33 bits per heavy atom. The lowest BCUT2D eigenvalue weighted by atomic mass is 10.1. The van der Waals surface area contributed by atoms with Crippen LogP contribution in [-0.4, -0.2) is 61.7 Å². The number of carbonyl (C=O) groups excluding carboxylic acids is 2. The average Bonchev–Trinajstić information content (AvgIpc) is 3.35. The number of carbonyl (C=O) groups is 2. The van der Waals surface area contributed by atoms with Crippen molar-refractivity contribution in [2.45, 2.75) is 70.0 Å². The fourth-order valence-electron chi connectivity index (χ4n) is 3.97. The fraction of sp³-hybridized carbons (Fsp3) is 0.632. The number of hydrogen-bond acceptors (Lipinski definition) is 10. The molecule has 2 aliphatic rings. The van der Waals surface area contributed by atoms with E-state index < -0.39 is 32.4 Å². The summed E-state index contributed by atoms with van der Waals surface area (Å²) < 4.78 is 34.3. The van der Waals surface area contributed by atoms with Gasteiger partial charge in [0.05, 0.1) is 12.9 Å². The summed E-state index contributed by atoms with van der Waals surface area (Å²) in [5.41, 5.74) is 0.643. The van der Waals surface area contributed by atoms with Crippen molar-refractivity contribution >= 4 is 37.2 Å². The highest BCUT2D eigenvalue weighted by Crippen LogP contribution is 2.53. The van der Waals surface area contributed by atoms with Crippen LogP contribution in [0.15, 0.2) is 12.7 Å². The molecule has 4 heterocycles. The molecule has 14 heteroatoms. The zero-order chi connectivity index (χ0) is 23.4. The van der Waals surface area contributed by atoms with Crippen molar-refractivity contribution in [1.29, 1.82) is 0 Å². The quantitative estimate of drug-likeness (QED) is 0.289. The molecule has 33 heavy (non-hydrogen) atoms. The minimum Gasteiger partial charge on any atom is -0.457 e. The predicted molar refractivity (Wildman–Crippen MR) is 113 cm³/mol. The summed E-state index contributed by atoms with van der Waals surface area (Å²) in [5, 5.41) is 2.77. The third-order valence-corrected chi connectivity index (χ3v) is 6.54. The van der Waals surface area contributed by atoms with E-state index in [2.05, 4.69) is 27.2 Å². The van der Waals surface area contributed by atoms with Crippen molar-refractivity contribution in [3.8, 4) is 0 Å². The lowest BCUT2D eigenvalue weighted by Gasteiger charge is -2.28. The van der Waals surface area contributed by atoms with Gasteiger partial charge < -0.3 is 19.7 Å². The van der Waals surface area contributed by atoms with Gasteiger partial charge in [0, 0.05) is 6.42 Å². The zero-order valence-corrected chi connectivity index (χ0v) is 18.9. The van der Waals surface area contributed by atoms with Gasteiger partial charge in [-0.2, -0.15) is 0 Å². The molecule has 0 saturated carbocycles. The van der Waals surface area contributed by atoms with Crippen LogP contribution in [0.4, 0.5) is 5.82 Å². The molecule has 0 radical (unpaired) electrons. The highest BCUT2D eigenvalue weighted by Gasteiger charge is 2.54. The second-order valence-corrected chi connectivity index (χ2v) is 9.26. The molecule has 3 unspecified atom stereocenters. The number of fused-ring (bicyclic) bond motifs is 2. The number of aromatic nitrogens is 4. The Kier molecular flexibility index (Phi) is 7.35. The monoisotopic (exact) mass is 483 g/mol. The first-order chi connectivity index (χ1) is 15.9. The number of ether oxygens (including phenoxy) is 2. The summed E-state index contributed by atoms with van der Waals surface area (Å²) >= 11 is 0. The number of nitrogens with zero attached hydrogens (tertiary/aromatic N) is 4. The first kappa shape index (κ1) is 23.7. The SMILES string of the molecule is CCCCCCCC(=O)Nc1ncnc2c1ncn2[C@@H]1OC2COP(=O)(O)OC2[C@@H]1OC=O. The molecule has 5 atom stereocenters. The number of nitrogens with one attached hydrogen (secondary N) is 1. The largest absolute Gasteiger partial charge is 0.472 e. The maximum Gasteiger partial charge on any atom is 0.472 e. The van der Waals surface area contributed by atoms with Crippen LogP contribution in [0.1, 0.15) is 51.7 Å². The van der Waals surface area contributed by atoms with E-state index >= 15 is 0 Å². The number of unbranched alkanes of at least 4 members (excludes halogenated alkanes) is 4. The van der Waals surface area contributed by atoms with Gasteiger partial charge in [0.15, 0.2) is 29.3 Å². The molecule has 0 aliphatic carbocycles. The van der Waals surface area contributed by atoms with Crippen molar-refractivity contribution in [3.05, 3.63) is 12.7 Å². The van der Waals surface area contributed by atoms with E-state index in [1.807, 2.05) is 0 Å². The number of rotatable bonds is 10. The lowest BCUT2D eigenvalue weighted by molar-refractivity contribution is -0.142. The molecule has 1 amide bonds. The fourth-order valence-corrected chi connectivity index (χ4v) is 4.93. The summed E-state index contributed by atoms with van der Waals surface area (Å²) in [6, 6.07) is 0. The van der Waals surface area contributed by atoms with Crippen LogP contribution < -0.4 is 5.32 Å². The van der Waals surface area contributed by atoms with Gasteiger partial charge in [-0.3, -0.25) is 23.2 Å². The van der Waals surface area contributed by atoms with Crippen molar-refractivity contribution in [2.24, 2.45) is 0 Å². The van der Waals surface area contributed by atoms with Crippen LogP contribution in [0.25, 0.3) is 11.2 Å². The van der Waals surface area contributed by atoms with E-state index in [1.54, 1.807) is 0 Å². The molecule has 0 spiro atoms. The molecule has 2 N–H and O–H groups in total. The molecule has 2 aromatic rings. The van der Waals surface area contributed by atoms with E-state index in [0.717, 1.165) is 32.1 Å². The molecular formula is C19H26N5O8P. The second-order valence-electron chi connectivity index (χ2n) is 7.86. The number of phosphoric ester groups is 1. The van der Waals surface area contributed by atoms with Crippen LogP contribution in [0.5, 0.6) is 0 Å². The molecule has 13 nitrogen and oxygen atoms in total. The van der Waals surface area contributed by atoms with Gasteiger partial charge in [0.2, 0.25) is 5.91 Å². The van der Waals surface area contributed by atoms with Crippen molar-refractivity contribution < 1.29 is 37.6 Å².